The summed E-state index contributed by atoms with van der Waals surface area (Å²) in [6.07, 6.45) is 1.52. The van der Waals surface area contributed by atoms with Crippen molar-refractivity contribution in [3.63, 3.8) is 0 Å². The molecule has 0 spiro atoms. The second-order valence-corrected chi connectivity index (χ2v) is 5.34. The molecule has 2 aromatic heterocycles. The average molecular weight is 306 g/mol. The van der Waals surface area contributed by atoms with Crippen molar-refractivity contribution < 1.29 is 18.8 Å². The molecule has 2 heterocycles. The van der Waals surface area contributed by atoms with E-state index in [0.717, 1.165) is 11.3 Å². The Kier molecular flexibility index (Phi) is 4.89. The number of amides is 2. The van der Waals surface area contributed by atoms with E-state index >= 15 is 0 Å². The van der Waals surface area contributed by atoms with Gasteiger partial charge in [-0.05, 0) is 31.2 Å². The minimum absolute atomic E-state index is 0.0877. The topological polar surface area (TPSA) is 88.4 Å². The molecule has 7 heteroatoms. The lowest BCUT2D eigenvalue weighted by Gasteiger charge is -2.04. The molecule has 0 aliphatic carbocycles. The Balaban J connectivity index is 1.77. The molecule has 0 bridgehead atoms. The van der Waals surface area contributed by atoms with E-state index in [0.29, 0.717) is 15.5 Å². The average Bonchev–Trinajstić information content (AvgIpc) is 3.12. The first kappa shape index (κ1) is 15.0. The van der Waals surface area contributed by atoms with Crippen molar-refractivity contribution in [2.24, 2.45) is 0 Å². The third kappa shape index (κ3) is 4.28. The largest absolute Gasteiger partial charge is 0.467 e. The highest BCUT2D eigenvalue weighted by molar-refractivity contribution is 7.15. The van der Waals surface area contributed by atoms with Crippen molar-refractivity contribution in [1.29, 1.82) is 0 Å². The maximum Gasteiger partial charge on any atom is 0.261 e. The molecule has 0 fully saturated rings. The van der Waals surface area contributed by atoms with Crippen LogP contribution in [0.1, 0.15) is 32.0 Å². The summed E-state index contributed by atoms with van der Waals surface area (Å²) in [4.78, 5) is 35.4. The lowest BCUT2D eigenvalue weighted by Crippen LogP contribution is -2.36. The van der Waals surface area contributed by atoms with E-state index in [4.69, 9.17) is 4.42 Å². The summed E-state index contributed by atoms with van der Waals surface area (Å²) in [7, 11) is 0. The van der Waals surface area contributed by atoms with Gasteiger partial charge in [-0.1, -0.05) is 0 Å². The maximum atomic E-state index is 11.8. The van der Waals surface area contributed by atoms with Gasteiger partial charge in [0.05, 0.1) is 29.1 Å². The van der Waals surface area contributed by atoms with Crippen LogP contribution in [0.5, 0.6) is 0 Å². The molecule has 2 aromatic rings. The van der Waals surface area contributed by atoms with Crippen LogP contribution >= 0.6 is 11.3 Å². The summed E-state index contributed by atoms with van der Waals surface area (Å²) in [5.41, 5.74) is 0. The summed E-state index contributed by atoms with van der Waals surface area (Å²) in [6.45, 7) is 1.58. The van der Waals surface area contributed by atoms with Gasteiger partial charge in [0.1, 0.15) is 5.76 Å². The summed E-state index contributed by atoms with van der Waals surface area (Å²) in [5, 5.41) is 5.12. The molecule has 2 N–H and O–H groups in total. The second-order valence-electron chi connectivity index (χ2n) is 4.26. The maximum absolute atomic E-state index is 11.8. The van der Waals surface area contributed by atoms with Crippen LogP contribution < -0.4 is 10.6 Å². The van der Waals surface area contributed by atoms with Gasteiger partial charge < -0.3 is 15.1 Å². The van der Waals surface area contributed by atoms with Crippen molar-refractivity contribution in [1.82, 2.24) is 10.6 Å². The Labute approximate surface area is 125 Å². The molecule has 0 aliphatic rings. The second kappa shape index (κ2) is 6.85. The van der Waals surface area contributed by atoms with Gasteiger partial charge in [0.2, 0.25) is 5.91 Å². The number of hydrogen-bond acceptors (Lipinski definition) is 5. The van der Waals surface area contributed by atoms with E-state index in [9.17, 15) is 14.4 Å². The number of ketones is 1. The van der Waals surface area contributed by atoms with Gasteiger partial charge in [-0.3, -0.25) is 14.4 Å². The molecular formula is C14H14N2O4S. The van der Waals surface area contributed by atoms with Crippen LogP contribution in [0.25, 0.3) is 0 Å². The Morgan fingerprint density at radius 1 is 1.14 bits per heavy atom. The number of nitrogens with one attached hydrogen (secondary N) is 2. The molecule has 0 atom stereocenters. The van der Waals surface area contributed by atoms with E-state index in [-0.39, 0.29) is 30.7 Å². The van der Waals surface area contributed by atoms with E-state index in [1.807, 2.05) is 0 Å². The molecule has 0 aliphatic heterocycles. The SMILES string of the molecule is CC(=O)c1ccc(C(=O)NCC(=O)NCc2ccco2)s1. The Bertz CT molecular complexity index is 646. The lowest BCUT2D eigenvalue weighted by molar-refractivity contribution is -0.120. The zero-order valence-corrected chi connectivity index (χ0v) is 12.2. The fourth-order valence-corrected chi connectivity index (χ4v) is 2.38. The lowest BCUT2D eigenvalue weighted by atomic mass is 10.3. The van der Waals surface area contributed by atoms with Crippen molar-refractivity contribution >= 4 is 28.9 Å². The van der Waals surface area contributed by atoms with E-state index < -0.39 is 0 Å². The van der Waals surface area contributed by atoms with Crippen LogP contribution in [-0.2, 0) is 11.3 Å². The fourth-order valence-electron chi connectivity index (χ4n) is 1.56. The molecule has 2 amide bonds. The molecule has 21 heavy (non-hydrogen) atoms. The van der Waals surface area contributed by atoms with Crippen molar-refractivity contribution in [2.75, 3.05) is 6.54 Å². The molecule has 0 radical (unpaired) electrons. The smallest absolute Gasteiger partial charge is 0.261 e. The molecule has 110 valence electrons. The number of thiophene rings is 1. The van der Waals surface area contributed by atoms with Crippen molar-refractivity contribution in [3.8, 4) is 0 Å². The summed E-state index contributed by atoms with van der Waals surface area (Å²) in [6, 6.07) is 6.64. The summed E-state index contributed by atoms with van der Waals surface area (Å²) >= 11 is 1.10. The van der Waals surface area contributed by atoms with Gasteiger partial charge in [-0.2, -0.15) is 0 Å². The van der Waals surface area contributed by atoms with Crippen molar-refractivity contribution in [2.45, 2.75) is 13.5 Å². The molecular weight excluding hydrogens is 292 g/mol. The Hall–Kier alpha value is -2.41. The molecule has 2 rings (SSSR count). The minimum atomic E-state index is -0.374. The first-order valence-corrected chi connectivity index (χ1v) is 7.06. The van der Waals surface area contributed by atoms with Crippen LogP contribution in [0.2, 0.25) is 0 Å². The van der Waals surface area contributed by atoms with Gasteiger partial charge in [-0.25, -0.2) is 0 Å². The minimum Gasteiger partial charge on any atom is -0.467 e. The summed E-state index contributed by atoms with van der Waals surface area (Å²) in [5.74, 6) is -0.141. The Morgan fingerprint density at radius 3 is 2.52 bits per heavy atom. The third-order valence-corrected chi connectivity index (χ3v) is 3.81. The predicted molar refractivity (Wildman–Crippen MR) is 77.2 cm³/mol. The number of furan rings is 1. The number of carbonyl (C=O) groups excluding carboxylic acids is 3. The monoisotopic (exact) mass is 306 g/mol. The summed E-state index contributed by atoms with van der Waals surface area (Å²) < 4.78 is 5.07. The zero-order chi connectivity index (χ0) is 15.2. The molecule has 0 saturated carbocycles. The van der Waals surface area contributed by atoms with E-state index in [1.54, 1.807) is 24.3 Å². The zero-order valence-electron chi connectivity index (χ0n) is 11.3. The highest BCUT2D eigenvalue weighted by Gasteiger charge is 2.12. The van der Waals surface area contributed by atoms with Gasteiger partial charge in [0.25, 0.3) is 5.91 Å². The Morgan fingerprint density at radius 2 is 1.90 bits per heavy atom. The quantitative estimate of drug-likeness (QED) is 0.793. The van der Waals surface area contributed by atoms with E-state index in [1.165, 1.54) is 13.2 Å². The van der Waals surface area contributed by atoms with Crippen LogP contribution in [0.4, 0.5) is 0 Å². The van der Waals surface area contributed by atoms with Crippen LogP contribution in [-0.4, -0.2) is 24.1 Å². The third-order valence-electron chi connectivity index (χ3n) is 2.63. The van der Waals surface area contributed by atoms with Crippen LogP contribution in [0.3, 0.4) is 0 Å². The van der Waals surface area contributed by atoms with Gasteiger partial charge in [0, 0.05) is 0 Å². The molecule has 6 nitrogen and oxygen atoms in total. The first-order valence-electron chi connectivity index (χ1n) is 6.24. The van der Waals surface area contributed by atoms with Gasteiger partial charge in [-0.15, -0.1) is 11.3 Å². The van der Waals surface area contributed by atoms with Gasteiger partial charge >= 0.3 is 0 Å². The number of carbonyl (C=O) groups is 3. The highest BCUT2D eigenvalue weighted by atomic mass is 32.1. The van der Waals surface area contributed by atoms with E-state index in [2.05, 4.69) is 10.6 Å². The first-order chi connectivity index (χ1) is 10.1. The highest BCUT2D eigenvalue weighted by Crippen LogP contribution is 2.16. The standard InChI is InChI=1S/C14H14N2O4S/c1-9(17)11-4-5-12(21-11)14(19)16-8-13(18)15-7-10-3-2-6-20-10/h2-6H,7-8H2,1H3,(H,15,18)(H,16,19). The van der Waals surface area contributed by atoms with Crippen LogP contribution in [0.15, 0.2) is 34.9 Å². The molecule has 0 saturated heterocycles. The number of hydrogen-bond donors (Lipinski definition) is 2. The fraction of sp³-hybridized carbons (Fsp3) is 0.214. The van der Waals surface area contributed by atoms with Crippen molar-refractivity contribution in [3.05, 3.63) is 46.0 Å². The van der Waals surface area contributed by atoms with Gasteiger partial charge in [0.15, 0.2) is 5.78 Å². The van der Waals surface area contributed by atoms with Crippen LogP contribution in [0, 0.1) is 0 Å². The number of Topliss-reactive ketones (excluding diaryl/α,β-unsaturated/α-hetero) is 1. The number of rotatable bonds is 6. The molecule has 0 unspecified atom stereocenters. The molecule has 0 aromatic carbocycles. The predicted octanol–water partition coefficient (Wildman–Crippen LogP) is 1.59. The normalized spacial score (nSPS) is 10.1.